The predicted octanol–water partition coefficient (Wildman–Crippen LogP) is 7.41. The number of halogens is 2. The lowest BCUT2D eigenvalue weighted by Gasteiger charge is -2.29. The van der Waals surface area contributed by atoms with E-state index in [0.717, 1.165) is 50.7 Å². The second-order valence-electron chi connectivity index (χ2n) is 8.12. The first-order valence-corrected chi connectivity index (χ1v) is 13.0. The lowest BCUT2D eigenvalue weighted by molar-refractivity contribution is 0.0685. The van der Waals surface area contributed by atoms with Gasteiger partial charge in [-0.25, -0.2) is 9.99 Å². The molecule has 2 aliphatic rings. The molecule has 1 fully saturated rings. The van der Waals surface area contributed by atoms with E-state index in [4.69, 9.17) is 5.10 Å². The van der Waals surface area contributed by atoms with Gasteiger partial charge in [-0.05, 0) is 73.2 Å². The van der Waals surface area contributed by atoms with Crippen LogP contribution in [0.1, 0.15) is 51.8 Å². The number of aryl methyl sites for hydroxylation is 1. The van der Waals surface area contributed by atoms with Crippen LogP contribution >= 0.6 is 43.2 Å². The van der Waals surface area contributed by atoms with Crippen molar-refractivity contribution in [2.45, 2.75) is 32.2 Å². The number of fused-ring (bicyclic) bond motifs is 1. The van der Waals surface area contributed by atoms with E-state index in [9.17, 15) is 4.79 Å². The van der Waals surface area contributed by atoms with E-state index in [1.165, 1.54) is 16.9 Å². The maximum Gasteiger partial charge on any atom is 0.286 e. The molecule has 2 aromatic carbocycles. The largest absolute Gasteiger partial charge is 0.286 e. The Morgan fingerprint density at radius 2 is 1.78 bits per heavy atom. The molecule has 0 N–H and O–H groups in total. The number of hydrazone groups is 1. The summed E-state index contributed by atoms with van der Waals surface area (Å²) in [5.41, 5.74) is 7.01. The number of aromatic nitrogens is 1. The minimum atomic E-state index is -0.110. The average Bonchev–Trinajstić information content (AvgIpc) is 3.40. The van der Waals surface area contributed by atoms with Crippen molar-refractivity contribution in [1.29, 1.82) is 0 Å². The van der Waals surface area contributed by atoms with E-state index in [-0.39, 0.29) is 17.9 Å². The maximum atomic E-state index is 13.6. The third-order valence-corrected chi connectivity index (χ3v) is 8.05. The first kappa shape index (κ1) is 21.7. The maximum absolute atomic E-state index is 13.6. The molecule has 7 heteroatoms. The number of thiazole rings is 1. The first-order chi connectivity index (χ1) is 15.5. The van der Waals surface area contributed by atoms with Crippen molar-refractivity contribution in [3.63, 3.8) is 0 Å². The predicted molar refractivity (Wildman–Crippen MR) is 137 cm³/mol. The Kier molecular flexibility index (Phi) is 6.14. The Morgan fingerprint density at radius 3 is 2.44 bits per heavy atom. The summed E-state index contributed by atoms with van der Waals surface area (Å²) in [5, 5.41) is 6.69. The van der Waals surface area contributed by atoms with Crippen molar-refractivity contribution in [3.8, 4) is 0 Å². The Hall–Kier alpha value is -2.09. The molecule has 5 rings (SSSR count). The van der Waals surface area contributed by atoms with Crippen molar-refractivity contribution in [2.75, 3.05) is 0 Å². The molecule has 0 saturated heterocycles. The minimum Gasteiger partial charge on any atom is -0.266 e. The molecular weight excluding hydrogens is 550 g/mol. The van der Waals surface area contributed by atoms with E-state index in [1.54, 1.807) is 10.5 Å². The summed E-state index contributed by atoms with van der Waals surface area (Å²) >= 11 is 8.42. The Morgan fingerprint density at radius 1 is 1.09 bits per heavy atom. The van der Waals surface area contributed by atoms with Gasteiger partial charge < -0.3 is 0 Å². The van der Waals surface area contributed by atoms with Gasteiger partial charge in [0.1, 0.15) is 4.88 Å². The van der Waals surface area contributed by atoms with Gasteiger partial charge in [-0.2, -0.15) is 5.10 Å². The fourth-order valence-corrected chi connectivity index (χ4v) is 5.80. The van der Waals surface area contributed by atoms with Gasteiger partial charge in [0, 0.05) is 14.9 Å². The highest BCUT2D eigenvalue weighted by Gasteiger charge is 2.44. The van der Waals surface area contributed by atoms with Crippen LogP contribution < -0.4 is 0 Å². The van der Waals surface area contributed by atoms with Gasteiger partial charge in [-0.3, -0.25) is 4.79 Å². The summed E-state index contributed by atoms with van der Waals surface area (Å²) in [6, 6.07) is 16.5. The highest BCUT2D eigenvalue weighted by atomic mass is 79.9. The molecule has 1 amide bonds. The monoisotopic (exact) mass is 569 g/mol. The van der Waals surface area contributed by atoms with Crippen LogP contribution in [0.2, 0.25) is 0 Å². The number of nitrogens with zero attached hydrogens (tertiary/aromatic N) is 3. The average molecular weight is 571 g/mol. The zero-order valence-electron chi connectivity index (χ0n) is 17.5. The molecule has 2 heterocycles. The number of amides is 1. The number of benzene rings is 2. The van der Waals surface area contributed by atoms with E-state index in [0.29, 0.717) is 4.88 Å². The molecule has 3 aromatic rings. The minimum absolute atomic E-state index is 0.0668. The van der Waals surface area contributed by atoms with Crippen LogP contribution in [0.25, 0.3) is 6.08 Å². The molecule has 4 nitrogen and oxygen atoms in total. The molecule has 0 radical (unpaired) electrons. The molecule has 1 aliphatic carbocycles. The zero-order valence-corrected chi connectivity index (χ0v) is 21.5. The summed E-state index contributed by atoms with van der Waals surface area (Å²) in [4.78, 5) is 18.5. The van der Waals surface area contributed by atoms with E-state index < -0.39 is 0 Å². The fraction of sp³-hybridized carbons (Fsp3) is 0.240. The molecule has 0 spiro atoms. The lowest BCUT2D eigenvalue weighted by Crippen LogP contribution is -2.31. The van der Waals surface area contributed by atoms with Crippen molar-refractivity contribution in [2.24, 2.45) is 11.0 Å². The smallest absolute Gasteiger partial charge is 0.266 e. The van der Waals surface area contributed by atoms with Crippen LogP contribution in [0, 0.1) is 12.8 Å². The first-order valence-electron chi connectivity index (χ1n) is 10.6. The summed E-state index contributed by atoms with van der Waals surface area (Å²) in [7, 11) is 0. The van der Waals surface area contributed by atoms with Crippen LogP contribution in [0.15, 0.2) is 73.7 Å². The molecular formula is C25H21Br2N3OS. The molecule has 32 heavy (non-hydrogen) atoms. The fourth-order valence-electron chi connectivity index (χ4n) is 4.53. The third kappa shape index (κ3) is 4.14. The van der Waals surface area contributed by atoms with E-state index in [2.05, 4.69) is 79.3 Å². The van der Waals surface area contributed by atoms with Gasteiger partial charge in [0.05, 0.1) is 23.0 Å². The zero-order chi connectivity index (χ0) is 22.2. The molecule has 162 valence electrons. The van der Waals surface area contributed by atoms with Crippen molar-refractivity contribution in [1.82, 2.24) is 9.99 Å². The number of rotatable bonds is 3. The molecule has 1 aliphatic heterocycles. The van der Waals surface area contributed by atoms with Gasteiger partial charge in [0.2, 0.25) is 0 Å². The topological polar surface area (TPSA) is 45.6 Å². The molecule has 0 bridgehead atoms. The van der Waals surface area contributed by atoms with Crippen LogP contribution in [0.3, 0.4) is 0 Å². The second kappa shape index (κ2) is 9.04. The summed E-state index contributed by atoms with van der Waals surface area (Å²) in [6.07, 6.45) is 5.30. The normalized spacial score (nSPS) is 21.5. The number of hydrogen-bond donors (Lipinski definition) is 0. The van der Waals surface area contributed by atoms with Gasteiger partial charge in [-0.1, -0.05) is 56.1 Å². The van der Waals surface area contributed by atoms with Crippen LogP contribution in [-0.4, -0.2) is 21.6 Å². The Bertz CT molecular complexity index is 1210. The third-order valence-electron chi connectivity index (χ3n) is 6.07. The molecule has 1 saturated carbocycles. The van der Waals surface area contributed by atoms with Crippen molar-refractivity contribution < 1.29 is 4.79 Å². The second-order valence-corrected chi connectivity index (χ2v) is 10.8. The van der Waals surface area contributed by atoms with Crippen LogP contribution in [-0.2, 0) is 0 Å². The van der Waals surface area contributed by atoms with Crippen LogP contribution in [0.4, 0.5) is 0 Å². The Labute approximate surface area is 208 Å². The molecule has 1 aromatic heterocycles. The molecule has 0 unspecified atom stereocenters. The van der Waals surface area contributed by atoms with E-state index >= 15 is 0 Å². The standard InChI is InChI=1S/C25H21Br2N3OS/c1-15-24(32-14-28-15)25(31)30-23(17-7-11-20(27)12-8-17)21-4-2-3-18(22(21)29-30)13-16-5-9-19(26)10-6-16/h5-14,21,23H,2-4H2,1H3/b18-13+/t21-,23-/m0/s1. The van der Waals surface area contributed by atoms with Gasteiger partial charge in [0.15, 0.2) is 0 Å². The highest BCUT2D eigenvalue weighted by molar-refractivity contribution is 9.10. The number of carbonyl (C=O) groups is 1. The van der Waals surface area contributed by atoms with Gasteiger partial charge in [0.25, 0.3) is 5.91 Å². The SMILES string of the molecule is Cc1ncsc1C(=O)N1N=C2/C(=C/c3ccc(Br)cc3)CCC[C@@H]2[C@@H]1c1ccc(Br)cc1. The van der Waals surface area contributed by atoms with Gasteiger partial charge >= 0.3 is 0 Å². The number of allylic oxidation sites excluding steroid dienone is 1. The van der Waals surface area contributed by atoms with Crippen molar-refractivity contribution >= 4 is 60.9 Å². The lowest BCUT2D eigenvalue weighted by atomic mass is 9.77. The number of hydrogen-bond acceptors (Lipinski definition) is 4. The molecule has 2 atom stereocenters. The van der Waals surface area contributed by atoms with Gasteiger partial charge in [-0.15, -0.1) is 11.3 Å². The van der Waals surface area contributed by atoms with Crippen molar-refractivity contribution in [3.05, 3.63) is 90.3 Å². The quantitative estimate of drug-likeness (QED) is 0.329. The van der Waals surface area contributed by atoms with Crippen LogP contribution in [0.5, 0.6) is 0 Å². The van der Waals surface area contributed by atoms with E-state index in [1.807, 2.05) is 19.1 Å². The summed E-state index contributed by atoms with van der Waals surface area (Å²) in [6.45, 7) is 1.88. The highest BCUT2D eigenvalue weighted by Crippen LogP contribution is 2.45. The number of carbonyl (C=O) groups excluding carboxylic acids is 1. The summed E-state index contributed by atoms with van der Waals surface area (Å²) in [5.74, 6) is 0.117. The summed E-state index contributed by atoms with van der Waals surface area (Å²) < 4.78 is 2.09. The Balaban J connectivity index is 1.58.